The van der Waals surface area contributed by atoms with Crippen molar-refractivity contribution in [2.75, 3.05) is 13.1 Å². The second-order valence-electron chi connectivity index (χ2n) is 6.33. The number of benzene rings is 1. The molecule has 1 aliphatic rings. The lowest BCUT2D eigenvalue weighted by molar-refractivity contribution is 0.120. The smallest absolute Gasteiger partial charge is 0.191 e. The molecule has 1 aromatic carbocycles. The van der Waals surface area contributed by atoms with E-state index in [4.69, 9.17) is 4.99 Å². The number of guanidine groups is 1. The van der Waals surface area contributed by atoms with Crippen molar-refractivity contribution in [3.63, 3.8) is 0 Å². The molecule has 1 fully saturated rings. The molecule has 0 saturated heterocycles. The Labute approximate surface area is 163 Å². The van der Waals surface area contributed by atoms with E-state index in [9.17, 15) is 5.11 Å². The number of aliphatic imine (C=N–C) groups is 1. The van der Waals surface area contributed by atoms with Gasteiger partial charge in [0, 0.05) is 19.1 Å². The molecule has 0 aromatic heterocycles. The van der Waals surface area contributed by atoms with Crippen LogP contribution in [0.4, 0.5) is 0 Å². The zero-order chi connectivity index (χ0) is 16.5. The number of aryl methyl sites for hydroxylation is 1. The SMILES string of the molecule is CCNC(=NCCc1ccc(CC)cc1)NC1CCC(O)CC1.I. The molecule has 1 saturated carbocycles. The zero-order valence-corrected chi connectivity index (χ0v) is 17.3. The van der Waals surface area contributed by atoms with E-state index in [2.05, 4.69) is 48.7 Å². The minimum Gasteiger partial charge on any atom is -0.393 e. The predicted octanol–water partition coefficient (Wildman–Crippen LogP) is 3.27. The summed E-state index contributed by atoms with van der Waals surface area (Å²) in [5, 5.41) is 16.4. The summed E-state index contributed by atoms with van der Waals surface area (Å²) in [6, 6.07) is 9.25. The van der Waals surface area contributed by atoms with Crippen molar-refractivity contribution in [1.82, 2.24) is 10.6 Å². The van der Waals surface area contributed by atoms with Crippen molar-refractivity contribution >= 4 is 29.9 Å². The van der Waals surface area contributed by atoms with E-state index < -0.39 is 0 Å². The van der Waals surface area contributed by atoms with E-state index in [0.29, 0.717) is 6.04 Å². The van der Waals surface area contributed by atoms with Crippen LogP contribution in [0, 0.1) is 0 Å². The van der Waals surface area contributed by atoms with Crippen LogP contribution in [0.15, 0.2) is 29.3 Å². The third kappa shape index (κ3) is 7.38. The maximum atomic E-state index is 9.60. The number of hydrogen-bond donors (Lipinski definition) is 3. The van der Waals surface area contributed by atoms with E-state index >= 15 is 0 Å². The summed E-state index contributed by atoms with van der Waals surface area (Å²) >= 11 is 0. The van der Waals surface area contributed by atoms with Crippen LogP contribution in [0.3, 0.4) is 0 Å². The highest BCUT2D eigenvalue weighted by molar-refractivity contribution is 14.0. The van der Waals surface area contributed by atoms with E-state index in [1.54, 1.807) is 0 Å². The van der Waals surface area contributed by atoms with Crippen molar-refractivity contribution in [2.24, 2.45) is 4.99 Å². The minimum atomic E-state index is -0.112. The second-order valence-corrected chi connectivity index (χ2v) is 6.33. The molecule has 136 valence electrons. The topological polar surface area (TPSA) is 56.7 Å². The lowest BCUT2D eigenvalue weighted by Crippen LogP contribution is -2.45. The highest BCUT2D eigenvalue weighted by Crippen LogP contribution is 2.18. The molecule has 0 radical (unpaired) electrons. The molecule has 0 heterocycles. The minimum absolute atomic E-state index is 0. The summed E-state index contributed by atoms with van der Waals surface area (Å²) in [5.74, 6) is 0.902. The van der Waals surface area contributed by atoms with Gasteiger partial charge >= 0.3 is 0 Å². The first-order valence-electron chi connectivity index (χ1n) is 9.02. The molecule has 0 amide bonds. The van der Waals surface area contributed by atoms with Gasteiger partial charge in [0.25, 0.3) is 0 Å². The van der Waals surface area contributed by atoms with Crippen molar-refractivity contribution in [3.05, 3.63) is 35.4 Å². The largest absolute Gasteiger partial charge is 0.393 e. The van der Waals surface area contributed by atoms with Crippen LogP contribution >= 0.6 is 24.0 Å². The maximum Gasteiger partial charge on any atom is 0.191 e. The highest BCUT2D eigenvalue weighted by atomic mass is 127. The van der Waals surface area contributed by atoms with E-state index in [1.807, 2.05) is 0 Å². The van der Waals surface area contributed by atoms with Gasteiger partial charge in [-0.15, -0.1) is 24.0 Å². The molecule has 1 aliphatic carbocycles. The molecule has 0 unspecified atom stereocenters. The fraction of sp³-hybridized carbons (Fsp3) is 0.632. The fourth-order valence-corrected chi connectivity index (χ4v) is 2.97. The zero-order valence-electron chi connectivity index (χ0n) is 14.9. The number of halogens is 1. The van der Waals surface area contributed by atoms with Gasteiger partial charge in [0.2, 0.25) is 0 Å². The first-order valence-corrected chi connectivity index (χ1v) is 9.02. The molecule has 4 nitrogen and oxygen atoms in total. The number of nitrogens with zero attached hydrogens (tertiary/aromatic N) is 1. The third-order valence-electron chi connectivity index (χ3n) is 4.48. The number of aliphatic hydroxyl groups excluding tert-OH is 1. The van der Waals surface area contributed by atoms with Crippen LogP contribution < -0.4 is 10.6 Å². The van der Waals surface area contributed by atoms with Gasteiger partial charge in [0.05, 0.1) is 6.10 Å². The second kappa shape index (κ2) is 11.7. The van der Waals surface area contributed by atoms with Crippen molar-refractivity contribution in [1.29, 1.82) is 0 Å². The van der Waals surface area contributed by atoms with Gasteiger partial charge in [0.1, 0.15) is 0 Å². The van der Waals surface area contributed by atoms with Crippen LogP contribution in [0.5, 0.6) is 0 Å². The van der Waals surface area contributed by atoms with E-state index in [1.165, 1.54) is 11.1 Å². The number of aliphatic hydroxyl groups is 1. The summed E-state index contributed by atoms with van der Waals surface area (Å²) in [6.07, 6.45) is 5.75. The molecule has 0 spiro atoms. The third-order valence-corrected chi connectivity index (χ3v) is 4.48. The Kier molecular flexibility index (Phi) is 10.3. The molecule has 24 heavy (non-hydrogen) atoms. The Morgan fingerprint density at radius 2 is 1.71 bits per heavy atom. The molecule has 3 N–H and O–H groups in total. The van der Waals surface area contributed by atoms with Crippen LogP contribution in [0.2, 0.25) is 0 Å². The van der Waals surface area contributed by atoms with Gasteiger partial charge in [-0.3, -0.25) is 4.99 Å². The molecule has 0 bridgehead atoms. The van der Waals surface area contributed by atoms with Crippen LogP contribution in [0.1, 0.15) is 50.7 Å². The molecule has 1 aromatic rings. The maximum absolute atomic E-state index is 9.60. The lowest BCUT2D eigenvalue weighted by atomic mass is 9.93. The Hall–Kier alpha value is -0.820. The first-order chi connectivity index (χ1) is 11.2. The summed E-state index contributed by atoms with van der Waals surface area (Å²) in [5.41, 5.74) is 2.72. The summed E-state index contributed by atoms with van der Waals surface area (Å²) in [7, 11) is 0. The summed E-state index contributed by atoms with van der Waals surface area (Å²) < 4.78 is 0. The fourth-order valence-electron chi connectivity index (χ4n) is 2.97. The van der Waals surface area contributed by atoms with Gasteiger partial charge in [-0.05, 0) is 56.6 Å². The number of rotatable bonds is 6. The first kappa shape index (κ1) is 21.2. The molecular formula is C19H32IN3O. The summed E-state index contributed by atoms with van der Waals surface area (Å²) in [4.78, 5) is 4.70. The monoisotopic (exact) mass is 445 g/mol. The van der Waals surface area contributed by atoms with Crippen molar-refractivity contribution in [3.8, 4) is 0 Å². The average molecular weight is 445 g/mol. The molecule has 2 rings (SSSR count). The standard InChI is InChI=1S/C19H31N3O.HI/c1-3-15-5-7-16(8-6-15)13-14-21-19(20-4-2)22-17-9-11-18(23)12-10-17;/h5-8,17-18,23H,3-4,9-14H2,1-2H3,(H2,20,21,22);1H. The Bertz CT molecular complexity index is 482. The number of hydrogen-bond acceptors (Lipinski definition) is 2. The Morgan fingerprint density at radius 1 is 1.08 bits per heavy atom. The summed E-state index contributed by atoms with van der Waals surface area (Å²) in [6.45, 7) is 5.92. The highest BCUT2D eigenvalue weighted by Gasteiger charge is 2.19. The normalized spacial score (nSPS) is 21.0. The van der Waals surface area contributed by atoms with Crippen molar-refractivity contribution in [2.45, 2.75) is 64.5 Å². The van der Waals surface area contributed by atoms with E-state index in [0.717, 1.165) is 57.6 Å². The van der Waals surface area contributed by atoms with Gasteiger partial charge in [-0.25, -0.2) is 0 Å². The van der Waals surface area contributed by atoms with Crippen LogP contribution in [-0.2, 0) is 12.8 Å². The molecule has 0 atom stereocenters. The molecular weight excluding hydrogens is 413 g/mol. The van der Waals surface area contributed by atoms with Crippen LogP contribution in [0.25, 0.3) is 0 Å². The van der Waals surface area contributed by atoms with E-state index in [-0.39, 0.29) is 30.1 Å². The molecule has 0 aliphatic heterocycles. The average Bonchev–Trinajstić information content (AvgIpc) is 2.58. The Morgan fingerprint density at radius 3 is 2.29 bits per heavy atom. The van der Waals surface area contributed by atoms with Crippen LogP contribution in [-0.4, -0.2) is 36.3 Å². The quantitative estimate of drug-likeness (QED) is 0.358. The van der Waals surface area contributed by atoms with Gasteiger partial charge in [-0.2, -0.15) is 0 Å². The van der Waals surface area contributed by atoms with Gasteiger partial charge < -0.3 is 15.7 Å². The number of nitrogens with one attached hydrogen (secondary N) is 2. The molecule has 5 heteroatoms. The lowest BCUT2D eigenvalue weighted by Gasteiger charge is -2.27. The van der Waals surface area contributed by atoms with Crippen molar-refractivity contribution < 1.29 is 5.11 Å². The van der Waals surface area contributed by atoms with Gasteiger partial charge in [0.15, 0.2) is 5.96 Å². The predicted molar refractivity (Wildman–Crippen MR) is 112 cm³/mol. The van der Waals surface area contributed by atoms with Gasteiger partial charge in [-0.1, -0.05) is 31.2 Å². The Balaban J connectivity index is 0.00000288.